The Kier molecular flexibility index (Phi) is 14.6. The van der Waals surface area contributed by atoms with Crippen LogP contribution in [0.3, 0.4) is 0 Å². The molecule has 0 radical (unpaired) electrons. The Bertz CT molecular complexity index is 432. The highest BCUT2D eigenvalue weighted by atomic mass is 16.4. The molecule has 0 spiro atoms. The summed E-state index contributed by atoms with van der Waals surface area (Å²) in [6.07, 6.45) is 7.12. The number of amides is 2. The van der Waals surface area contributed by atoms with Crippen LogP contribution in [0.4, 0.5) is 0 Å². The molecule has 0 rings (SSSR count). The second-order valence-corrected chi connectivity index (χ2v) is 7.12. The Balaban J connectivity index is 5.36. The highest BCUT2D eigenvalue weighted by Crippen LogP contribution is 2.16. The summed E-state index contributed by atoms with van der Waals surface area (Å²) in [6.45, 7) is 9.87. The third-order valence-corrected chi connectivity index (χ3v) is 4.82. The molecule has 1 atom stereocenters. The fourth-order valence-electron chi connectivity index (χ4n) is 3.15. The van der Waals surface area contributed by atoms with Crippen LogP contribution >= 0.6 is 0 Å². The number of carboxylic acid groups (broad SMARTS) is 1. The average molecular weight is 385 g/mol. The van der Waals surface area contributed by atoms with Crippen molar-refractivity contribution in [3.8, 4) is 0 Å². The summed E-state index contributed by atoms with van der Waals surface area (Å²) >= 11 is 0. The lowest BCUT2D eigenvalue weighted by molar-refractivity contribution is -0.147. The molecule has 0 saturated heterocycles. The minimum absolute atomic E-state index is 0.0411. The molecule has 0 heterocycles. The molecule has 27 heavy (non-hydrogen) atoms. The van der Waals surface area contributed by atoms with E-state index in [1.54, 1.807) is 4.90 Å². The van der Waals surface area contributed by atoms with Gasteiger partial charge in [-0.25, -0.2) is 0 Å². The Labute approximate surface area is 165 Å². The molecular weight excluding hydrogens is 344 g/mol. The van der Waals surface area contributed by atoms with Crippen molar-refractivity contribution >= 4 is 17.8 Å². The minimum Gasteiger partial charge on any atom is -0.481 e. The number of likely N-dealkylation sites (N-methyl/N-ethyl adjacent to an activating group) is 1. The quantitative estimate of drug-likeness (QED) is 0.407. The molecule has 2 amide bonds. The summed E-state index contributed by atoms with van der Waals surface area (Å²) in [5, 5.41) is 9.10. The molecule has 0 fully saturated rings. The van der Waals surface area contributed by atoms with Crippen LogP contribution in [-0.4, -0.2) is 58.4 Å². The van der Waals surface area contributed by atoms with E-state index in [1.807, 2.05) is 11.8 Å². The van der Waals surface area contributed by atoms with Gasteiger partial charge in [-0.3, -0.25) is 14.4 Å². The maximum Gasteiger partial charge on any atom is 0.303 e. The van der Waals surface area contributed by atoms with Crippen molar-refractivity contribution in [2.45, 2.75) is 97.9 Å². The summed E-state index contributed by atoms with van der Waals surface area (Å²) < 4.78 is 0. The zero-order valence-corrected chi connectivity index (χ0v) is 17.8. The number of hydrogen-bond acceptors (Lipinski definition) is 3. The highest BCUT2D eigenvalue weighted by molar-refractivity contribution is 5.88. The lowest BCUT2D eigenvalue weighted by Crippen LogP contribution is -2.51. The van der Waals surface area contributed by atoms with Gasteiger partial charge in [0.05, 0.1) is 0 Å². The fraction of sp³-hybridized carbons (Fsp3) is 0.857. The SMILES string of the molecule is CCCCCC(=O)N(CC)C(CCC(=O)O)C(=O)N(CCCC)CCCC. The first-order valence-electron chi connectivity index (χ1n) is 10.7. The number of carbonyl (C=O) groups excluding carboxylic acids is 2. The monoisotopic (exact) mass is 384 g/mol. The van der Waals surface area contributed by atoms with Crippen LogP contribution in [0.1, 0.15) is 91.9 Å². The molecule has 0 saturated carbocycles. The van der Waals surface area contributed by atoms with Gasteiger partial charge in [0.2, 0.25) is 11.8 Å². The molecule has 1 unspecified atom stereocenters. The zero-order valence-electron chi connectivity index (χ0n) is 17.8. The van der Waals surface area contributed by atoms with E-state index in [-0.39, 0.29) is 24.7 Å². The van der Waals surface area contributed by atoms with E-state index in [2.05, 4.69) is 20.8 Å². The largest absolute Gasteiger partial charge is 0.481 e. The molecule has 0 aliphatic heterocycles. The van der Waals surface area contributed by atoms with Gasteiger partial charge in [0.15, 0.2) is 0 Å². The van der Waals surface area contributed by atoms with E-state index in [0.29, 0.717) is 26.1 Å². The average Bonchev–Trinajstić information content (AvgIpc) is 2.64. The summed E-state index contributed by atoms with van der Waals surface area (Å²) in [7, 11) is 0. The van der Waals surface area contributed by atoms with Crippen molar-refractivity contribution in [3.63, 3.8) is 0 Å². The van der Waals surface area contributed by atoms with E-state index in [9.17, 15) is 14.4 Å². The maximum absolute atomic E-state index is 13.2. The minimum atomic E-state index is -0.934. The van der Waals surface area contributed by atoms with Crippen molar-refractivity contribution in [2.75, 3.05) is 19.6 Å². The predicted molar refractivity (Wildman–Crippen MR) is 109 cm³/mol. The molecule has 158 valence electrons. The van der Waals surface area contributed by atoms with Gasteiger partial charge < -0.3 is 14.9 Å². The van der Waals surface area contributed by atoms with Crippen molar-refractivity contribution in [1.29, 1.82) is 0 Å². The zero-order chi connectivity index (χ0) is 20.7. The molecule has 0 aromatic carbocycles. The van der Waals surface area contributed by atoms with Crippen LogP contribution in [0.25, 0.3) is 0 Å². The molecule has 0 aliphatic rings. The van der Waals surface area contributed by atoms with E-state index in [0.717, 1.165) is 44.9 Å². The van der Waals surface area contributed by atoms with Crippen LogP contribution in [0, 0.1) is 0 Å². The third-order valence-electron chi connectivity index (χ3n) is 4.82. The summed E-state index contributed by atoms with van der Waals surface area (Å²) in [5.41, 5.74) is 0. The molecular formula is C21H40N2O4. The van der Waals surface area contributed by atoms with Crippen LogP contribution < -0.4 is 0 Å². The maximum atomic E-state index is 13.2. The Morgan fingerprint density at radius 2 is 1.37 bits per heavy atom. The fourth-order valence-corrected chi connectivity index (χ4v) is 3.15. The number of rotatable bonds is 16. The number of aliphatic carboxylic acids is 1. The first-order valence-corrected chi connectivity index (χ1v) is 10.7. The van der Waals surface area contributed by atoms with Crippen molar-refractivity contribution in [2.24, 2.45) is 0 Å². The van der Waals surface area contributed by atoms with Crippen LogP contribution in [0.5, 0.6) is 0 Å². The van der Waals surface area contributed by atoms with Gasteiger partial charge in [0, 0.05) is 32.5 Å². The molecule has 0 aliphatic carbocycles. The summed E-state index contributed by atoms with van der Waals surface area (Å²) in [4.78, 5) is 40.5. The van der Waals surface area contributed by atoms with Gasteiger partial charge in [-0.1, -0.05) is 46.5 Å². The number of carboxylic acids is 1. The predicted octanol–water partition coefficient (Wildman–Crippen LogP) is 4.08. The van der Waals surface area contributed by atoms with E-state index in [1.165, 1.54) is 0 Å². The second-order valence-electron chi connectivity index (χ2n) is 7.12. The lowest BCUT2D eigenvalue weighted by atomic mass is 10.1. The van der Waals surface area contributed by atoms with Crippen LogP contribution in [-0.2, 0) is 14.4 Å². The molecule has 0 aromatic rings. The molecule has 1 N–H and O–H groups in total. The number of unbranched alkanes of at least 4 members (excludes halogenated alkanes) is 4. The molecule has 0 bridgehead atoms. The molecule has 6 nitrogen and oxygen atoms in total. The van der Waals surface area contributed by atoms with Gasteiger partial charge in [-0.15, -0.1) is 0 Å². The third kappa shape index (κ3) is 10.4. The standard InChI is InChI=1S/C21H40N2O4/c1-5-9-12-13-19(24)23(8-4)18(14-15-20(25)26)21(27)22(16-10-6-2)17-11-7-3/h18H,5-17H2,1-4H3,(H,25,26). The Hall–Kier alpha value is -1.59. The number of nitrogens with zero attached hydrogens (tertiary/aromatic N) is 2. The van der Waals surface area contributed by atoms with Crippen molar-refractivity contribution in [1.82, 2.24) is 9.80 Å². The number of hydrogen-bond donors (Lipinski definition) is 1. The molecule has 0 aromatic heterocycles. The smallest absolute Gasteiger partial charge is 0.303 e. The summed E-state index contributed by atoms with van der Waals surface area (Å²) in [6, 6.07) is -0.672. The van der Waals surface area contributed by atoms with Crippen LogP contribution in [0.2, 0.25) is 0 Å². The topological polar surface area (TPSA) is 77.9 Å². The molecule has 6 heteroatoms. The highest BCUT2D eigenvalue weighted by Gasteiger charge is 2.31. The van der Waals surface area contributed by atoms with Gasteiger partial charge in [-0.05, 0) is 32.6 Å². The van der Waals surface area contributed by atoms with Gasteiger partial charge in [0.25, 0.3) is 0 Å². The van der Waals surface area contributed by atoms with Gasteiger partial charge in [0.1, 0.15) is 6.04 Å². The van der Waals surface area contributed by atoms with Crippen LogP contribution in [0.15, 0.2) is 0 Å². The van der Waals surface area contributed by atoms with Gasteiger partial charge >= 0.3 is 5.97 Å². The van der Waals surface area contributed by atoms with E-state index >= 15 is 0 Å². The number of carbonyl (C=O) groups is 3. The first kappa shape index (κ1) is 25.4. The first-order chi connectivity index (χ1) is 12.9. The van der Waals surface area contributed by atoms with Gasteiger partial charge in [-0.2, -0.15) is 0 Å². The van der Waals surface area contributed by atoms with E-state index in [4.69, 9.17) is 5.11 Å². The Morgan fingerprint density at radius 3 is 1.81 bits per heavy atom. The van der Waals surface area contributed by atoms with E-state index < -0.39 is 12.0 Å². The lowest BCUT2D eigenvalue weighted by Gasteiger charge is -2.34. The Morgan fingerprint density at radius 1 is 0.815 bits per heavy atom. The summed E-state index contributed by atoms with van der Waals surface area (Å²) in [5.74, 6) is -1.07. The van der Waals surface area contributed by atoms with Crippen molar-refractivity contribution in [3.05, 3.63) is 0 Å². The second kappa shape index (κ2) is 15.5. The van der Waals surface area contributed by atoms with Crippen molar-refractivity contribution < 1.29 is 19.5 Å². The normalized spacial score (nSPS) is 11.9.